The van der Waals surface area contributed by atoms with Crippen LogP contribution < -0.4 is 20.1 Å². The van der Waals surface area contributed by atoms with E-state index in [1.165, 1.54) is 0 Å². The van der Waals surface area contributed by atoms with Gasteiger partial charge in [0.05, 0.1) is 38.3 Å². The summed E-state index contributed by atoms with van der Waals surface area (Å²) in [5.74, 6) is 0.504. The van der Waals surface area contributed by atoms with E-state index in [1.807, 2.05) is 30.3 Å². The monoisotopic (exact) mass is 369 g/mol. The Bertz CT molecular complexity index is 810. The highest BCUT2D eigenvalue weighted by Crippen LogP contribution is 2.39. The molecule has 7 heteroatoms. The predicted molar refractivity (Wildman–Crippen MR) is 99.1 cm³/mol. The third-order valence-corrected chi connectivity index (χ3v) is 4.55. The highest BCUT2D eigenvalue weighted by Gasteiger charge is 2.47. The van der Waals surface area contributed by atoms with Crippen LogP contribution in [0.1, 0.15) is 17.7 Å². The average Bonchev–Trinajstić information content (AvgIpc) is 3.52. The molecule has 1 aliphatic carbocycles. The summed E-state index contributed by atoms with van der Waals surface area (Å²) >= 11 is 0. The van der Waals surface area contributed by atoms with Crippen LogP contribution in [0.5, 0.6) is 11.5 Å². The van der Waals surface area contributed by atoms with Gasteiger partial charge in [0.15, 0.2) is 11.5 Å². The Hall–Kier alpha value is -3.09. The number of rotatable bonds is 8. The Balaban J connectivity index is 1.45. The molecule has 1 heterocycles. The molecule has 2 N–H and O–H groups in total. The molecule has 142 valence electrons. The molecule has 2 unspecified atom stereocenters. The van der Waals surface area contributed by atoms with Gasteiger partial charge in [-0.1, -0.05) is 12.1 Å². The SMILES string of the molecule is COc1ccc(CNC(=O)C2CC2C(=O)NCc2ccccn2)cc1OC. The number of carbonyl (C=O) groups is 2. The van der Waals surface area contributed by atoms with Gasteiger partial charge in [-0.2, -0.15) is 0 Å². The van der Waals surface area contributed by atoms with Crippen LogP contribution in [0, 0.1) is 11.8 Å². The maximum Gasteiger partial charge on any atom is 0.224 e. The van der Waals surface area contributed by atoms with Gasteiger partial charge in [0.1, 0.15) is 0 Å². The maximum absolute atomic E-state index is 12.3. The van der Waals surface area contributed by atoms with Gasteiger partial charge in [0, 0.05) is 12.7 Å². The van der Waals surface area contributed by atoms with Crippen molar-refractivity contribution < 1.29 is 19.1 Å². The molecule has 3 rings (SSSR count). The van der Waals surface area contributed by atoms with Gasteiger partial charge in [-0.05, 0) is 36.2 Å². The van der Waals surface area contributed by atoms with E-state index < -0.39 is 0 Å². The Morgan fingerprint density at radius 3 is 2.33 bits per heavy atom. The topological polar surface area (TPSA) is 89.5 Å². The van der Waals surface area contributed by atoms with Gasteiger partial charge >= 0.3 is 0 Å². The maximum atomic E-state index is 12.3. The van der Waals surface area contributed by atoms with Crippen molar-refractivity contribution in [3.05, 3.63) is 53.9 Å². The van der Waals surface area contributed by atoms with Crippen molar-refractivity contribution in [3.63, 3.8) is 0 Å². The minimum atomic E-state index is -0.270. The first-order valence-electron chi connectivity index (χ1n) is 8.78. The summed E-state index contributed by atoms with van der Waals surface area (Å²) in [5.41, 5.74) is 1.69. The van der Waals surface area contributed by atoms with Crippen molar-refractivity contribution in [3.8, 4) is 11.5 Å². The number of carbonyl (C=O) groups excluding carboxylic acids is 2. The van der Waals surface area contributed by atoms with Gasteiger partial charge in [0.25, 0.3) is 0 Å². The number of hydrogen-bond acceptors (Lipinski definition) is 5. The highest BCUT2D eigenvalue weighted by molar-refractivity contribution is 5.92. The molecule has 7 nitrogen and oxygen atoms in total. The van der Waals surface area contributed by atoms with E-state index in [4.69, 9.17) is 9.47 Å². The molecular weight excluding hydrogens is 346 g/mol. The minimum absolute atomic E-state index is 0.105. The number of hydrogen-bond donors (Lipinski definition) is 2. The van der Waals surface area contributed by atoms with Crippen molar-refractivity contribution in [1.29, 1.82) is 0 Å². The number of amides is 2. The van der Waals surface area contributed by atoms with Crippen LogP contribution in [-0.4, -0.2) is 31.0 Å². The molecule has 2 atom stereocenters. The van der Waals surface area contributed by atoms with E-state index in [-0.39, 0.29) is 23.7 Å². The Labute approximate surface area is 158 Å². The van der Waals surface area contributed by atoms with Crippen LogP contribution in [-0.2, 0) is 22.7 Å². The molecule has 0 aliphatic heterocycles. The number of aromatic nitrogens is 1. The number of benzene rings is 1. The normalized spacial score (nSPS) is 17.7. The minimum Gasteiger partial charge on any atom is -0.493 e. The molecule has 0 radical (unpaired) electrons. The smallest absolute Gasteiger partial charge is 0.224 e. The first-order valence-corrected chi connectivity index (χ1v) is 8.78. The predicted octanol–water partition coefficient (Wildman–Crippen LogP) is 1.67. The molecule has 1 aromatic carbocycles. The first-order chi connectivity index (χ1) is 13.1. The summed E-state index contributed by atoms with van der Waals surface area (Å²) in [6.07, 6.45) is 2.26. The van der Waals surface area contributed by atoms with E-state index in [0.717, 1.165) is 11.3 Å². The number of nitrogens with one attached hydrogen (secondary N) is 2. The highest BCUT2D eigenvalue weighted by atomic mass is 16.5. The molecular formula is C20H23N3O4. The molecule has 2 aromatic rings. The largest absolute Gasteiger partial charge is 0.493 e. The summed E-state index contributed by atoms with van der Waals surface area (Å²) in [6, 6.07) is 11.0. The summed E-state index contributed by atoms with van der Waals surface area (Å²) < 4.78 is 10.5. The van der Waals surface area contributed by atoms with Crippen LogP contribution >= 0.6 is 0 Å². The summed E-state index contributed by atoms with van der Waals surface area (Å²) in [4.78, 5) is 28.6. The van der Waals surface area contributed by atoms with Crippen LogP contribution in [0.3, 0.4) is 0 Å². The lowest BCUT2D eigenvalue weighted by atomic mass is 10.2. The lowest BCUT2D eigenvalue weighted by Gasteiger charge is -2.10. The third kappa shape index (κ3) is 4.75. The van der Waals surface area contributed by atoms with Crippen molar-refractivity contribution in [2.24, 2.45) is 11.8 Å². The average molecular weight is 369 g/mol. The molecule has 27 heavy (non-hydrogen) atoms. The van der Waals surface area contributed by atoms with E-state index in [2.05, 4.69) is 15.6 Å². The molecule has 1 fully saturated rings. The second-order valence-corrected chi connectivity index (χ2v) is 6.39. The number of methoxy groups -OCH3 is 2. The van der Waals surface area contributed by atoms with Crippen molar-refractivity contribution in [2.75, 3.05) is 14.2 Å². The third-order valence-electron chi connectivity index (χ3n) is 4.55. The lowest BCUT2D eigenvalue weighted by Crippen LogP contribution is -2.29. The van der Waals surface area contributed by atoms with Crippen LogP contribution in [0.25, 0.3) is 0 Å². The van der Waals surface area contributed by atoms with E-state index in [9.17, 15) is 9.59 Å². The molecule has 1 aliphatic rings. The van der Waals surface area contributed by atoms with Crippen molar-refractivity contribution >= 4 is 11.8 Å². The summed E-state index contributed by atoms with van der Waals surface area (Å²) in [5, 5.41) is 5.72. The fourth-order valence-corrected chi connectivity index (χ4v) is 2.90. The van der Waals surface area contributed by atoms with Gasteiger partial charge in [-0.25, -0.2) is 0 Å². The van der Waals surface area contributed by atoms with Gasteiger partial charge < -0.3 is 20.1 Å². The molecule has 0 saturated heterocycles. The number of pyridine rings is 1. The Morgan fingerprint density at radius 2 is 1.70 bits per heavy atom. The Morgan fingerprint density at radius 1 is 1.00 bits per heavy atom. The zero-order valence-corrected chi connectivity index (χ0v) is 15.4. The lowest BCUT2D eigenvalue weighted by molar-refractivity contribution is -0.127. The summed E-state index contributed by atoms with van der Waals surface area (Å²) in [6.45, 7) is 0.744. The zero-order valence-electron chi connectivity index (χ0n) is 15.4. The van der Waals surface area contributed by atoms with Gasteiger partial charge in [-0.15, -0.1) is 0 Å². The second-order valence-electron chi connectivity index (χ2n) is 6.39. The fraction of sp³-hybridized carbons (Fsp3) is 0.350. The van der Waals surface area contributed by atoms with Crippen LogP contribution in [0.15, 0.2) is 42.6 Å². The molecule has 0 bridgehead atoms. The van der Waals surface area contributed by atoms with E-state index >= 15 is 0 Å². The quantitative estimate of drug-likeness (QED) is 0.739. The fourth-order valence-electron chi connectivity index (χ4n) is 2.90. The molecule has 0 spiro atoms. The van der Waals surface area contributed by atoms with Crippen LogP contribution in [0.4, 0.5) is 0 Å². The molecule has 2 amide bonds. The Kier molecular flexibility index (Phi) is 5.90. The van der Waals surface area contributed by atoms with Crippen molar-refractivity contribution in [1.82, 2.24) is 15.6 Å². The number of nitrogens with zero attached hydrogens (tertiary/aromatic N) is 1. The molecule has 1 aromatic heterocycles. The number of ether oxygens (including phenoxy) is 2. The first kappa shape index (κ1) is 18.7. The molecule has 1 saturated carbocycles. The standard InChI is InChI=1S/C20H23N3O4/c1-26-17-7-6-13(9-18(17)27-2)11-22-19(24)15-10-16(15)20(25)23-12-14-5-3-4-8-21-14/h3-9,15-16H,10-12H2,1-2H3,(H,22,24)(H,23,25). The van der Waals surface area contributed by atoms with Gasteiger partial charge in [-0.3, -0.25) is 14.6 Å². The summed E-state index contributed by atoms with van der Waals surface area (Å²) in [7, 11) is 3.14. The van der Waals surface area contributed by atoms with Crippen molar-refractivity contribution in [2.45, 2.75) is 19.5 Å². The van der Waals surface area contributed by atoms with E-state index in [0.29, 0.717) is 31.0 Å². The zero-order chi connectivity index (χ0) is 19.2. The second kappa shape index (κ2) is 8.53. The van der Waals surface area contributed by atoms with Crippen LogP contribution in [0.2, 0.25) is 0 Å². The van der Waals surface area contributed by atoms with Gasteiger partial charge in [0.2, 0.25) is 11.8 Å². The van der Waals surface area contributed by atoms with E-state index in [1.54, 1.807) is 26.5 Å².